The number of amides is 1. The van der Waals surface area contributed by atoms with Gasteiger partial charge in [-0.1, -0.05) is 38.5 Å². The summed E-state index contributed by atoms with van der Waals surface area (Å²) in [5.41, 5.74) is 4.46. The number of ether oxygens (including phenoxy) is 1. The van der Waals surface area contributed by atoms with Crippen LogP contribution >= 0.6 is 0 Å². The van der Waals surface area contributed by atoms with Gasteiger partial charge in [-0.3, -0.25) is 19.2 Å². The molecular formula is C35H43FN4O4. The first-order chi connectivity index (χ1) is 21.0. The number of carboxylic acid groups (broad SMARTS) is 1. The molecule has 0 radical (unpaired) electrons. The highest BCUT2D eigenvalue weighted by atomic mass is 19.1. The molecule has 1 aliphatic heterocycles. The number of nitrogens with one attached hydrogen (secondary N) is 1. The molecule has 2 saturated carbocycles. The normalized spacial score (nSPS) is 23.4. The van der Waals surface area contributed by atoms with Crippen LogP contribution < -0.4 is 10.1 Å². The summed E-state index contributed by atoms with van der Waals surface area (Å²) in [6.07, 6.45) is 7.72. The van der Waals surface area contributed by atoms with Crippen LogP contribution in [0.15, 0.2) is 42.6 Å². The zero-order valence-electron chi connectivity index (χ0n) is 26.1. The van der Waals surface area contributed by atoms with Gasteiger partial charge < -0.3 is 15.2 Å². The Labute approximate surface area is 258 Å². The van der Waals surface area contributed by atoms with Crippen LogP contribution in [0.3, 0.4) is 0 Å². The van der Waals surface area contributed by atoms with Crippen LogP contribution in [0.1, 0.15) is 76.0 Å². The lowest BCUT2D eigenvalue weighted by Gasteiger charge is -2.29. The highest BCUT2D eigenvalue weighted by molar-refractivity contribution is 5.83. The molecule has 2 heterocycles. The maximum Gasteiger partial charge on any atom is 0.309 e. The second-order valence-electron chi connectivity index (χ2n) is 13.8. The molecule has 3 atom stereocenters. The quantitative estimate of drug-likeness (QED) is 0.315. The number of hydrogen-bond acceptors (Lipinski definition) is 5. The second kappa shape index (κ2) is 12.0. The maximum absolute atomic E-state index is 15.4. The van der Waals surface area contributed by atoms with Gasteiger partial charge in [0.15, 0.2) is 0 Å². The molecule has 1 aromatic heterocycles. The molecule has 0 bridgehead atoms. The molecule has 2 aliphatic carbocycles. The van der Waals surface area contributed by atoms with Gasteiger partial charge in [0.25, 0.3) is 0 Å². The van der Waals surface area contributed by atoms with Gasteiger partial charge in [-0.25, -0.2) is 4.39 Å². The zero-order chi connectivity index (χ0) is 31.2. The fraction of sp³-hybridized carbons (Fsp3) is 0.514. The van der Waals surface area contributed by atoms with Crippen molar-refractivity contribution in [1.29, 1.82) is 0 Å². The molecule has 6 rings (SSSR count). The SMILES string of the molecule is CN1CC(C)(C)C[C@H]1C(=O)N[C@@H]1CC[C@@H](Oc2ccc(-c3cn(C)nc3CC(=O)O)cc2-c2cccc(F)c2C2CCC2)C1. The van der Waals surface area contributed by atoms with E-state index in [0.717, 1.165) is 72.9 Å². The minimum absolute atomic E-state index is 0.0426. The van der Waals surface area contributed by atoms with E-state index in [1.165, 1.54) is 6.07 Å². The lowest BCUT2D eigenvalue weighted by molar-refractivity contribution is -0.136. The van der Waals surface area contributed by atoms with E-state index in [0.29, 0.717) is 17.9 Å². The summed E-state index contributed by atoms with van der Waals surface area (Å²) in [5.74, 6) is -0.243. The molecule has 9 heteroatoms. The monoisotopic (exact) mass is 602 g/mol. The van der Waals surface area contributed by atoms with Crippen LogP contribution in [0, 0.1) is 11.2 Å². The van der Waals surface area contributed by atoms with E-state index >= 15 is 4.39 Å². The minimum Gasteiger partial charge on any atom is -0.490 e. The summed E-state index contributed by atoms with van der Waals surface area (Å²) in [6, 6.07) is 11.0. The van der Waals surface area contributed by atoms with Crippen LogP contribution in [-0.2, 0) is 23.1 Å². The molecular weight excluding hydrogens is 559 g/mol. The van der Waals surface area contributed by atoms with E-state index in [1.54, 1.807) is 17.8 Å². The highest BCUT2D eigenvalue weighted by Crippen LogP contribution is 2.46. The van der Waals surface area contributed by atoms with Crippen molar-refractivity contribution in [2.75, 3.05) is 13.6 Å². The van der Waals surface area contributed by atoms with Crippen LogP contribution in [0.4, 0.5) is 4.39 Å². The van der Waals surface area contributed by atoms with Gasteiger partial charge in [0.2, 0.25) is 5.91 Å². The third-order valence-electron chi connectivity index (χ3n) is 9.65. The fourth-order valence-corrected chi connectivity index (χ4v) is 7.42. The first kappa shape index (κ1) is 30.3. The van der Waals surface area contributed by atoms with Crippen molar-refractivity contribution in [1.82, 2.24) is 20.0 Å². The van der Waals surface area contributed by atoms with E-state index < -0.39 is 5.97 Å². The fourth-order valence-electron chi connectivity index (χ4n) is 7.42. The number of carbonyl (C=O) groups excluding carboxylic acids is 1. The molecule has 1 amide bonds. The number of carbonyl (C=O) groups is 2. The van der Waals surface area contributed by atoms with Crippen LogP contribution in [-0.4, -0.2) is 63.4 Å². The Hall–Kier alpha value is -3.72. The number of benzene rings is 2. The third-order valence-corrected chi connectivity index (χ3v) is 9.65. The number of halogens is 1. The Morgan fingerprint density at radius 1 is 1.09 bits per heavy atom. The lowest BCUT2D eigenvalue weighted by Crippen LogP contribution is -2.45. The van der Waals surface area contributed by atoms with E-state index in [9.17, 15) is 14.7 Å². The minimum atomic E-state index is -0.950. The summed E-state index contributed by atoms with van der Waals surface area (Å²) >= 11 is 0. The van der Waals surface area contributed by atoms with Gasteiger partial charge in [-0.15, -0.1) is 0 Å². The zero-order valence-corrected chi connectivity index (χ0v) is 26.1. The topological polar surface area (TPSA) is 96.7 Å². The molecule has 2 N–H and O–H groups in total. The number of hydrogen-bond donors (Lipinski definition) is 2. The summed E-state index contributed by atoms with van der Waals surface area (Å²) in [7, 11) is 3.79. The predicted octanol–water partition coefficient (Wildman–Crippen LogP) is 5.93. The number of rotatable bonds is 9. The molecule has 8 nitrogen and oxygen atoms in total. The number of likely N-dealkylation sites (tertiary alicyclic amines) is 1. The van der Waals surface area contributed by atoms with Gasteiger partial charge in [0, 0.05) is 43.4 Å². The highest BCUT2D eigenvalue weighted by Gasteiger charge is 2.40. The Kier molecular flexibility index (Phi) is 8.26. The Morgan fingerprint density at radius 2 is 1.89 bits per heavy atom. The van der Waals surface area contributed by atoms with E-state index in [2.05, 4.69) is 29.2 Å². The lowest BCUT2D eigenvalue weighted by atomic mass is 9.76. The van der Waals surface area contributed by atoms with Gasteiger partial charge >= 0.3 is 5.97 Å². The van der Waals surface area contributed by atoms with E-state index in [4.69, 9.17) is 4.74 Å². The van der Waals surface area contributed by atoms with Crippen molar-refractivity contribution in [2.45, 2.75) is 89.3 Å². The maximum atomic E-state index is 15.4. The summed E-state index contributed by atoms with van der Waals surface area (Å²) in [6.45, 7) is 5.31. The Balaban J connectivity index is 1.28. The molecule has 1 saturated heterocycles. The number of aromatic nitrogens is 2. The van der Waals surface area contributed by atoms with Crippen molar-refractivity contribution in [3.05, 3.63) is 59.7 Å². The smallest absolute Gasteiger partial charge is 0.309 e. The Morgan fingerprint density at radius 3 is 2.57 bits per heavy atom. The van der Waals surface area contributed by atoms with Crippen molar-refractivity contribution >= 4 is 11.9 Å². The molecule has 2 aromatic carbocycles. The first-order valence-corrected chi connectivity index (χ1v) is 15.8. The number of carboxylic acids is 1. The largest absolute Gasteiger partial charge is 0.490 e. The number of likely N-dealkylation sites (N-methyl/N-ethyl adjacent to an activating group) is 1. The number of nitrogens with zero attached hydrogens (tertiary/aromatic N) is 3. The average Bonchev–Trinajstić information content (AvgIpc) is 3.60. The van der Waals surface area contributed by atoms with Gasteiger partial charge in [0.05, 0.1) is 18.2 Å². The van der Waals surface area contributed by atoms with E-state index in [1.807, 2.05) is 37.5 Å². The van der Waals surface area contributed by atoms with Gasteiger partial charge in [0.1, 0.15) is 17.7 Å². The van der Waals surface area contributed by atoms with Crippen molar-refractivity contribution < 1.29 is 23.8 Å². The van der Waals surface area contributed by atoms with Gasteiger partial charge in [-0.2, -0.15) is 5.10 Å². The predicted molar refractivity (Wildman–Crippen MR) is 167 cm³/mol. The van der Waals surface area contributed by atoms with Crippen molar-refractivity contribution in [3.63, 3.8) is 0 Å². The summed E-state index contributed by atoms with van der Waals surface area (Å²) in [5, 5.41) is 17.2. The molecule has 3 aliphatic rings. The van der Waals surface area contributed by atoms with Crippen molar-refractivity contribution in [3.8, 4) is 28.0 Å². The molecule has 0 unspecified atom stereocenters. The van der Waals surface area contributed by atoms with Crippen molar-refractivity contribution in [2.24, 2.45) is 12.5 Å². The second-order valence-corrected chi connectivity index (χ2v) is 13.8. The van der Waals surface area contributed by atoms with E-state index in [-0.39, 0.29) is 47.7 Å². The standard InChI is InChI=1S/C35H43FN4O4/c1-35(2)18-30(39(3)20-35)34(43)37-23-12-13-24(16-23)44-31-14-11-22(27-19-40(4)38-29(27)17-32(41)42)15-26(31)25-9-6-10-28(36)33(25)21-7-5-8-21/h6,9-11,14-15,19,21,23-24,30H,5,7-8,12-13,16-18,20H2,1-4H3,(H,37,43)(H,41,42)/t23-,24-,30+/m1/s1. The van der Waals surface area contributed by atoms with Crippen LogP contribution in [0.25, 0.3) is 22.3 Å². The molecule has 44 heavy (non-hydrogen) atoms. The summed E-state index contributed by atoms with van der Waals surface area (Å²) in [4.78, 5) is 26.9. The van der Waals surface area contributed by atoms with Crippen LogP contribution in [0.5, 0.6) is 5.75 Å². The molecule has 234 valence electrons. The number of aryl methyl sites for hydroxylation is 1. The Bertz CT molecular complexity index is 1560. The molecule has 0 spiro atoms. The summed E-state index contributed by atoms with van der Waals surface area (Å²) < 4.78 is 23.7. The third kappa shape index (κ3) is 6.25. The average molecular weight is 603 g/mol. The van der Waals surface area contributed by atoms with Crippen LogP contribution in [0.2, 0.25) is 0 Å². The molecule has 3 fully saturated rings. The first-order valence-electron chi connectivity index (χ1n) is 15.8. The molecule has 3 aromatic rings. The number of aliphatic carboxylic acids is 1. The van der Waals surface area contributed by atoms with Gasteiger partial charge in [-0.05, 0) is 85.4 Å².